The number of carbonyl (C=O) groups excluding carboxylic acids is 2. The Bertz CT molecular complexity index is 934. The third-order valence-corrected chi connectivity index (χ3v) is 5.41. The normalized spacial score (nSPS) is 21.1. The molecule has 2 heterocycles. The molecule has 0 unspecified atom stereocenters. The highest BCUT2D eigenvalue weighted by Gasteiger charge is 2.35. The van der Waals surface area contributed by atoms with Crippen molar-refractivity contribution in [1.82, 2.24) is 5.01 Å². The molecular formula is C22H21ClN2O4. The second kappa shape index (κ2) is 8.66. The van der Waals surface area contributed by atoms with Crippen LogP contribution >= 0.6 is 11.6 Å². The molecule has 0 bridgehead atoms. The predicted octanol–water partition coefficient (Wildman–Crippen LogP) is 4.51. The number of hydrogen-bond acceptors (Lipinski definition) is 5. The van der Waals surface area contributed by atoms with Crippen LogP contribution < -0.4 is 0 Å². The molecule has 0 saturated carbocycles. The number of esters is 1. The minimum absolute atomic E-state index is 0.180. The van der Waals surface area contributed by atoms with Crippen LogP contribution in [0.4, 0.5) is 0 Å². The smallest absolute Gasteiger partial charge is 0.309 e. The average molecular weight is 413 g/mol. The van der Waals surface area contributed by atoms with E-state index < -0.39 is 0 Å². The molecule has 2 aromatic rings. The van der Waals surface area contributed by atoms with Crippen molar-refractivity contribution in [2.75, 3.05) is 6.61 Å². The van der Waals surface area contributed by atoms with Gasteiger partial charge < -0.3 is 9.15 Å². The van der Waals surface area contributed by atoms with Crippen LogP contribution in [0.25, 0.3) is 0 Å². The molecule has 1 amide bonds. The third kappa shape index (κ3) is 4.43. The van der Waals surface area contributed by atoms with Gasteiger partial charge in [0.15, 0.2) is 6.61 Å². The molecular weight excluding hydrogens is 392 g/mol. The van der Waals surface area contributed by atoms with Crippen molar-refractivity contribution < 1.29 is 18.7 Å². The first-order chi connectivity index (χ1) is 14.1. The highest BCUT2D eigenvalue weighted by atomic mass is 35.5. The Morgan fingerprint density at radius 2 is 2.03 bits per heavy atom. The molecule has 0 radical (unpaired) electrons. The fraction of sp³-hybridized carbons (Fsp3) is 0.318. The Hall–Kier alpha value is -2.86. The van der Waals surface area contributed by atoms with Gasteiger partial charge in [-0.2, -0.15) is 5.10 Å². The standard InChI is InChI=1S/C22H21ClN2O4/c23-17-10-8-15(9-11-17)18-13-19(20-7-4-12-28-20)25(24-18)21(26)14-29-22(27)16-5-2-1-3-6-16/h1-2,4,7-12,16,19H,3,5-6,13-14H2/t16-,19+/m1/s1. The molecule has 0 fully saturated rings. The van der Waals surface area contributed by atoms with Crippen LogP contribution in [0.1, 0.15) is 43.0 Å². The Morgan fingerprint density at radius 1 is 1.21 bits per heavy atom. The van der Waals surface area contributed by atoms with Gasteiger partial charge in [0.25, 0.3) is 5.91 Å². The van der Waals surface area contributed by atoms with Gasteiger partial charge in [0.2, 0.25) is 0 Å². The average Bonchev–Trinajstić information content (AvgIpc) is 3.43. The maximum atomic E-state index is 12.8. The number of furan rings is 1. The molecule has 1 aromatic carbocycles. The Morgan fingerprint density at radius 3 is 2.72 bits per heavy atom. The van der Waals surface area contributed by atoms with Gasteiger partial charge in [-0.25, -0.2) is 5.01 Å². The van der Waals surface area contributed by atoms with E-state index in [1.165, 1.54) is 5.01 Å². The van der Waals surface area contributed by atoms with Crippen LogP contribution in [-0.2, 0) is 14.3 Å². The number of allylic oxidation sites excluding steroid dienone is 2. The first-order valence-electron chi connectivity index (χ1n) is 9.62. The molecule has 7 heteroatoms. The van der Waals surface area contributed by atoms with Gasteiger partial charge in [-0.05, 0) is 49.1 Å². The zero-order chi connectivity index (χ0) is 20.2. The number of nitrogens with zero attached hydrogens (tertiary/aromatic N) is 2. The highest BCUT2D eigenvalue weighted by molar-refractivity contribution is 6.30. The minimum Gasteiger partial charge on any atom is -0.467 e. The summed E-state index contributed by atoms with van der Waals surface area (Å²) in [6.07, 6.45) is 8.37. The summed E-state index contributed by atoms with van der Waals surface area (Å²) in [5.41, 5.74) is 1.63. The molecule has 0 N–H and O–H groups in total. The van der Waals surface area contributed by atoms with Crippen molar-refractivity contribution >= 4 is 29.2 Å². The fourth-order valence-electron chi connectivity index (χ4n) is 3.58. The van der Waals surface area contributed by atoms with Gasteiger partial charge in [0.05, 0.1) is 17.9 Å². The zero-order valence-electron chi connectivity index (χ0n) is 15.8. The van der Waals surface area contributed by atoms with Crippen molar-refractivity contribution in [1.29, 1.82) is 0 Å². The largest absolute Gasteiger partial charge is 0.467 e. The number of ether oxygens (including phenoxy) is 1. The summed E-state index contributed by atoms with van der Waals surface area (Å²) in [5, 5.41) is 6.50. The van der Waals surface area contributed by atoms with Gasteiger partial charge >= 0.3 is 5.97 Å². The van der Waals surface area contributed by atoms with E-state index in [1.54, 1.807) is 24.5 Å². The molecule has 1 aliphatic carbocycles. The molecule has 29 heavy (non-hydrogen) atoms. The maximum Gasteiger partial charge on any atom is 0.309 e. The summed E-state index contributed by atoms with van der Waals surface area (Å²) < 4.78 is 10.8. The Balaban J connectivity index is 1.48. The lowest BCUT2D eigenvalue weighted by molar-refractivity contribution is -0.156. The number of rotatable bonds is 5. The predicted molar refractivity (Wildman–Crippen MR) is 108 cm³/mol. The van der Waals surface area contributed by atoms with Crippen LogP contribution in [0, 0.1) is 5.92 Å². The quantitative estimate of drug-likeness (QED) is 0.535. The van der Waals surface area contributed by atoms with Crippen LogP contribution in [0.3, 0.4) is 0 Å². The lowest BCUT2D eigenvalue weighted by atomic mass is 9.95. The summed E-state index contributed by atoms with van der Waals surface area (Å²) >= 11 is 5.97. The summed E-state index contributed by atoms with van der Waals surface area (Å²) in [5.74, 6) is -0.261. The monoisotopic (exact) mass is 412 g/mol. The Labute approximate surface area is 173 Å². The number of carbonyl (C=O) groups is 2. The molecule has 2 atom stereocenters. The lowest BCUT2D eigenvalue weighted by Gasteiger charge is -2.21. The molecule has 2 aliphatic rings. The van der Waals surface area contributed by atoms with Crippen LogP contribution in [0.2, 0.25) is 5.02 Å². The van der Waals surface area contributed by atoms with E-state index in [4.69, 9.17) is 20.8 Å². The molecule has 0 saturated heterocycles. The van der Waals surface area contributed by atoms with Gasteiger partial charge in [0, 0.05) is 11.4 Å². The van der Waals surface area contributed by atoms with Crippen molar-refractivity contribution in [2.45, 2.75) is 31.7 Å². The zero-order valence-corrected chi connectivity index (χ0v) is 16.5. The summed E-state index contributed by atoms with van der Waals surface area (Å²) in [6, 6.07) is 10.5. The van der Waals surface area contributed by atoms with E-state index in [0.29, 0.717) is 23.6 Å². The van der Waals surface area contributed by atoms with Gasteiger partial charge in [-0.1, -0.05) is 35.9 Å². The first kappa shape index (κ1) is 19.5. The van der Waals surface area contributed by atoms with Crippen molar-refractivity contribution in [3.8, 4) is 0 Å². The van der Waals surface area contributed by atoms with Gasteiger partial charge in [-0.3, -0.25) is 9.59 Å². The van der Waals surface area contributed by atoms with Crippen molar-refractivity contribution in [3.63, 3.8) is 0 Å². The number of halogens is 1. The lowest BCUT2D eigenvalue weighted by Crippen LogP contribution is -2.32. The van der Waals surface area contributed by atoms with Crippen LogP contribution in [-0.4, -0.2) is 29.2 Å². The summed E-state index contributed by atoms with van der Waals surface area (Å²) in [6.45, 7) is -0.340. The van der Waals surface area contributed by atoms with E-state index in [0.717, 1.165) is 24.1 Å². The van der Waals surface area contributed by atoms with Crippen LogP contribution in [0.15, 0.2) is 64.3 Å². The molecule has 1 aliphatic heterocycles. The second-order valence-corrected chi connectivity index (χ2v) is 7.55. The van der Waals surface area contributed by atoms with Crippen molar-refractivity contribution in [3.05, 3.63) is 71.2 Å². The maximum absolute atomic E-state index is 12.8. The van der Waals surface area contributed by atoms with E-state index >= 15 is 0 Å². The number of amides is 1. The van der Waals surface area contributed by atoms with Crippen LogP contribution in [0.5, 0.6) is 0 Å². The number of benzene rings is 1. The summed E-state index contributed by atoms with van der Waals surface area (Å²) in [7, 11) is 0. The van der Waals surface area contributed by atoms with E-state index in [2.05, 4.69) is 11.2 Å². The SMILES string of the molecule is O=C(OCC(=O)N1N=C(c2ccc(Cl)cc2)C[C@H]1c1ccco1)[C@@H]1CC=CCC1. The number of hydrazone groups is 1. The van der Waals surface area contributed by atoms with E-state index in [1.807, 2.05) is 24.3 Å². The number of hydrogen-bond donors (Lipinski definition) is 0. The third-order valence-electron chi connectivity index (χ3n) is 5.16. The Kier molecular flexibility index (Phi) is 5.81. The topological polar surface area (TPSA) is 72.1 Å². The highest BCUT2D eigenvalue weighted by Crippen LogP contribution is 2.33. The summed E-state index contributed by atoms with van der Waals surface area (Å²) in [4.78, 5) is 25.1. The molecule has 1 aromatic heterocycles. The molecule has 150 valence electrons. The van der Waals surface area contributed by atoms with Gasteiger partial charge in [-0.15, -0.1) is 0 Å². The fourth-order valence-corrected chi connectivity index (χ4v) is 3.71. The molecule has 4 rings (SSSR count). The first-order valence-corrected chi connectivity index (χ1v) is 10.00. The van der Waals surface area contributed by atoms with E-state index in [-0.39, 0.29) is 30.4 Å². The molecule has 0 spiro atoms. The molecule has 6 nitrogen and oxygen atoms in total. The second-order valence-electron chi connectivity index (χ2n) is 7.12. The van der Waals surface area contributed by atoms with Gasteiger partial charge in [0.1, 0.15) is 11.8 Å². The van der Waals surface area contributed by atoms with Crippen molar-refractivity contribution in [2.24, 2.45) is 11.0 Å². The van der Waals surface area contributed by atoms with E-state index in [9.17, 15) is 9.59 Å². The minimum atomic E-state index is -0.380.